The predicted molar refractivity (Wildman–Crippen MR) is 88.3 cm³/mol. The van der Waals surface area contributed by atoms with E-state index in [-0.39, 0.29) is 17.3 Å². The van der Waals surface area contributed by atoms with Gasteiger partial charge in [-0.25, -0.2) is 0 Å². The molecule has 2 aliphatic heterocycles. The number of nitrogens with one attached hydrogen (secondary N) is 1. The lowest BCUT2D eigenvalue weighted by Crippen LogP contribution is -2.48. The number of carbonyl (C=O) groups excluding carboxylic acids is 1. The number of amides is 1. The molecule has 3 rings (SSSR count). The summed E-state index contributed by atoms with van der Waals surface area (Å²) in [4.78, 5) is 14.2. The average Bonchev–Trinajstić information content (AvgIpc) is 3.23. The molecule has 0 spiro atoms. The summed E-state index contributed by atoms with van der Waals surface area (Å²) in [5.74, 6) is 1.13. The molecular weight excluding hydrogens is 294 g/mol. The molecule has 1 saturated heterocycles. The maximum atomic E-state index is 12.6. The maximum absolute atomic E-state index is 12.6. The van der Waals surface area contributed by atoms with Gasteiger partial charge >= 0.3 is 0 Å². The van der Waals surface area contributed by atoms with Crippen LogP contribution in [0.3, 0.4) is 0 Å². The lowest BCUT2D eigenvalue weighted by molar-refractivity contribution is -0.132. The predicted octanol–water partition coefficient (Wildman–Crippen LogP) is 2.11. The molecule has 4 nitrogen and oxygen atoms in total. The quantitative estimate of drug-likeness (QED) is 0.869. The number of rotatable bonds is 3. The smallest absolute Gasteiger partial charge is 0.242 e. The van der Waals surface area contributed by atoms with Gasteiger partial charge in [-0.05, 0) is 11.6 Å². The third-order valence-corrected chi connectivity index (χ3v) is 5.69. The van der Waals surface area contributed by atoms with Gasteiger partial charge in [-0.3, -0.25) is 10.1 Å². The Balaban J connectivity index is 1.63. The molecule has 2 heterocycles. The number of hydrogen-bond acceptors (Lipinski definition) is 4. The molecule has 114 valence electrons. The first kappa shape index (κ1) is 15.1. The number of carbonyl (C=O) groups is 1. The van der Waals surface area contributed by atoms with Crippen molar-refractivity contribution in [3.05, 3.63) is 48.0 Å². The zero-order chi connectivity index (χ0) is 15.5. The van der Waals surface area contributed by atoms with Gasteiger partial charge < -0.3 is 4.90 Å². The number of nitriles is 1. The molecule has 1 N–H and O–H groups in total. The molecule has 0 bridgehead atoms. The summed E-state index contributed by atoms with van der Waals surface area (Å²) in [5, 5.41) is 12.8. The van der Waals surface area contributed by atoms with Crippen molar-refractivity contribution < 1.29 is 4.79 Å². The highest BCUT2D eigenvalue weighted by Gasteiger charge is 2.37. The Morgan fingerprint density at radius 2 is 2.23 bits per heavy atom. The monoisotopic (exact) mass is 313 g/mol. The van der Waals surface area contributed by atoms with Crippen molar-refractivity contribution >= 4 is 17.7 Å². The average molecular weight is 313 g/mol. The molecule has 0 saturated carbocycles. The summed E-state index contributed by atoms with van der Waals surface area (Å²) < 4.78 is 0. The van der Waals surface area contributed by atoms with Gasteiger partial charge in [0.1, 0.15) is 6.04 Å². The van der Waals surface area contributed by atoms with E-state index in [1.54, 1.807) is 22.7 Å². The fraction of sp³-hybridized carbons (Fsp3) is 0.412. The van der Waals surface area contributed by atoms with Crippen LogP contribution >= 0.6 is 11.8 Å². The highest BCUT2D eigenvalue weighted by atomic mass is 32.2. The van der Waals surface area contributed by atoms with Gasteiger partial charge in [-0.2, -0.15) is 5.26 Å². The molecule has 0 aliphatic carbocycles. The molecule has 1 fully saturated rings. The van der Waals surface area contributed by atoms with E-state index in [1.165, 1.54) is 5.56 Å². The first-order valence-electron chi connectivity index (χ1n) is 7.50. The summed E-state index contributed by atoms with van der Waals surface area (Å²) >= 11 is 1.79. The normalized spacial score (nSPS) is 28.5. The van der Waals surface area contributed by atoms with Crippen LogP contribution in [0.4, 0.5) is 0 Å². The Labute approximate surface area is 135 Å². The third-order valence-electron chi connectivity index (χ3n) is 4.26. The van der Waals surface area contributed by atoms with Crippen molar-refractivity contribution in [1.82, 2.24) is 10.2 Å². The standard InChI is InChI=1S/C17H19N3OS/c1-12(13-6-3-2-4-7-13)16-19-15(11-22-16)17(21)20-9-5-8-14(20)10-18/h2-8,12,14-16,19H,9,11H2,1H3/t12?,14-,15-,16?/m0/s1. The Hall–Kier alpha value is -1.77. The van der Waals surface area contributed by atoms with Crippen LogP contribution in [0.15, 0.2) is 42.5 Å². The van der Waals surface area contributed by atoms with Crippen LogP contribution in [-0.2, 0) is 4.79 Å². The maximum Gasteiger partial charge on any atom is 0.242 e. The van der Waals surface area contributed by atoms with Crippen LogP contribution < -0.4 is 5.32 Å². The molecule has 2 aliphatic rings. The second-order valence-electron chi connectivity index (χ2n) is 5.67. The van der Waals surface area contributed by atoms with E-state index < -0.39 is 6.04 Å². The Bertz CT molecular complexity index is 610. The van der Waals surface area contributed by atoms with E-state index in [4.69, 9.17) is 5.26 Å². The fourth-order valence-electron chi connectivity index (χ4n) is 2.92. The van der Waals surface area contributed by atoms with Crippen molar-refractivity contribution in [3.8, 4) is 6.07 Å². The van der Waals surface area contributed by atoms with E-state index in [0.717, 1.165) is 5.75 Å². The molecule has 4 atom stereocenters. The minimum atomic E-state index is -0.412. The summed E-state index contributed by atoms with van der Waals surface area (Å²) in [6, 6.07) is 11.9. The Morgan fingerprint density at radius 3 is 2.95 bits per heavy atom. The van der Waals surface area contributed by atoms with Crippen LogP contribution in [0.5, 0.6) is 0 Å². The van der Waals surface area contributed by atoms with Crippen LogP contribution in [0.2, 0.25) is 0 Å². The Kier molecular flexibility index (Phi) is 4.51. The molecule has 0 aromatic heterocycles. The highest BCUT2D eigenvalue weighted by Crippen LogP contribution is 2.32. The van der Waals surface area contributed by atoms with Gasteiger partial charge in [0.2, 0.25) is 5.91 Å². The van der Waals surface area contributed by atoms with E-state index in [1.807, 2.05) is 24.3 Å². The zero-order valence-corrected chi connectivity index (χ0v) is 13.3. The van der Waals surface area contributed by atoms with Crippen LogP contribution in [0.25, 0.3) is 0 Å². The van der Waals surface area contributed by atoms with E-state index in [2.05, 4.69) is 30.4 Å². The van der Waals surface area contributed by atoms with Gasteiger partial charge in [0, 0.05) is 18.2 Å². The van der Waals surface area contributed by atoms with Crippen molar-refractivity contribution in [2.24, 2.45) is 0 Å². The zero-order valence-electron chi connectivity index (χ0n) is 12.5. The SMILES string of the molecule is CC(c1ccccc1)C1N[C@H](C(=O)N2CC=C[C@H]2C#N)CS1. The van der Waals surface area contributed by atoms with Gasteiger partial charge in [0.25, 0.3) is 0 Å². The van der Waals surface area contributed by atoms with E-state index in [9.17, 15) is 4.79 Å². The van der Waals surface area contributed by atoms with E-state index in [0.29, 0.717) is 12.5 Å². The fourth-order valence-corrected chi connectivity index (χ4v) is 4.26. The summed E-state index contributed by atoms with van der Waals surface area (Å²) in [7, 11) is 0. The number of thioether (sulfide) groups is 1. The topological polar surface area (TPSA) is 56.1 Å². The second kappa shape index (κ2) is 6.55. The molecular formula is C17H19N3OS. The van der Waals surface area contributed by atoms with Crippen molar-refractivity contribution in [2.75, 3.05) is 12.3 Å². The second-order valence-corrected chi connectivity index (χ2v) is 6.84. The van der Waals surface area contributed by atoms with Gasteiger partial charge in [-0.1, -0.05) is 43.3 Å². The Morgan fingerprint density at radius 1 is 1.45 bits per heavy atom. The number of hydrogen-bond donors (Lipinski definition) is 1. The lowest BCUT2D eigenvalue weighted by atomic mass is 10.0. The summed E-state index contributed by atoms with van der Waals surface area (Å²) in [6.45, 7) is 2.72. The molecule has 22 heavy (non-hydrogen) atoms. The largest absolute Gasteiger partial charge is 0.318 e. The van der Waals surface area contributed by atoms with Crippen LogP contribution in [0.1, 0.15) is 18.4 Å². The van der Waals surface area contributed by atoms with Crippen molar-refractivity contribution in [3.63, 3.8) is 0 Å². The minimum Gasteiger partial charge on any atom is -0.318 e. The molecule has 5 heteroatoms. The van der Waals surface area contributed by atoms with Gasteiger partial charge in [0.15, 0.2) is 0 Å². The molecule has 1 aromatic carbocycles. The van der Waals surface area contributed by atoms with Crippen LogP contribution in [0, 0.1) is 11.3 Å². The van der Waals surface area contributed by atoms with Crippen molar-refractivity contribution in [2.45, 2.75) is 30.3 Å². The minimum absolute atomic E-state index is 0.0341. The highest BCUT2D eigenvalue weighted by molar-refractivity contribution is 8.00. The van der Waals surface area contributed by atoms with Gasteiger partial charge in [-0.15, -0.1) is 11.8 Å². The van der Waals surface area contributed by atoms with Crippen LogP contribution in [-0.4, -0.2) is 40.6 Å². The van der Waals surface area contributed by atoms with Crippen molar-refractivity contribution in [1.29, 1.82) is 5.26 Å². The summed E-state index contributed by atoms with van der Waals surface area (Å²) in [6.07, 6.45) is 3.68. The third kappa shape index (κ3) is 2.90. The first-order valence-corrected chi connectivity index (χ1v) is 8.55. The number of nitrogens with zero attached hydrogens (tertiary/aromatic N) is 2. The number of benzene rings is 1. The molecule has 1 aromatic rings. The molecule has 0 radical (unpaired) electrons. The van der Waals surface area contributed by atoms with Gasteiger partial charge in [0.05, 0.1) is 17.5 Å². The van der Waals surface area contributed by atoms with E-state index >= 15 is 0 Å². The lowest BCUT2D eigenvalue weighted by Gasteiger charge is -2.24. The molecule has 2 unspecified atom stereocenters. The summed E-state index contributed by atoms with van der Waals surface area (Å²) in [5.41, 5.74) is 1.28. The molecule has 1 amide bonds. The first-order chi connectivity index (χ1) is 10.7.